The second-order valence-electron chi connectivity index (χ2n) is 3.90. The third-order valence-electron chi connectivity index (χ3n) is 2.84. The van der Waals surface area contributed by atoms with Crippen LogP contribution in [0.25, 0.3) is 0 Å². The van der Waals surface area contributed by atoms with E-state index in [1.165, 1.54) is 6.33 Å². The normalized spacial score (nSPS) is 21.0. The fourth-order valence-electron chi connectivity index (χ4n) is 1.91. The Labute approximate surface area is 93.9 Å². The average Bonchev–Trinajstić information content (AvgIpc) is 2.70. The summed E-state index contributed by atoms with van der Waals surface area (Å²) in [5.74, 6) is 1.25. The molecule has 82 valence electrons. The summed E-state index contributed by atoms with van der Waals surface area (Å²) < 4.78 is 0. The number of aromatic nitrogens is 2. The van der Waals surface area contributed by atoms with E-state index in [2.05, 4.69) is 14.9 Å². The SMILES string of the molecule is Cc1c(Cl)ncnc1N1CCC(CO)C1. The van der Waals surface area contributed by atoms with E-state index in [-0.39, 0.29) is 6.61 Å². The molecule has 5 heteroatoms. The highest BCUT2D eigenvalue weighted by Crippen LogP contribution is 2.26. The second-order valence-corrected chi connectivity index (χ2v) is 4.25. The lowest BCUT2D eigenvalue weighted by Crippen LogP contribution is -2.22. The van der Waals surface area contributed by atoms with Crippen LogP contribution in [0, 0.1) is 12.8 Å². The van der Waals surface area contributed by atoms with Crippen LogP contribution in [0.3, 0.4) is 0 Å². The van der Waals surface area contributed by atoms with E-state index in [1.54, 1.807) is 0 Å². The van der Waals surface area contributed by atoms with E-state index in [1.807, 2.05) is 6.92 Å². The van der Waals surface area contributed by atoms with Crippen LogP contribution in [-0.2, 0) is 0 Å². The van der Waals surface area contributed by atoms with E-state index >= 15 is 0 Å². The van der Waals surface area contributed by atoms with Crippen molar-refractivity contribution in [3.8, 4) is 0 Å². The Morgan fingerprint density at radius 1 is 1.60 bits per heavy atom. The minimum absolute atomic E-state index is 0.244. The number of anilines is 1. The molecule has 0 amide bonds. The predicted octanol–water partition coefficient (Wildman–Crippen LogP) is 1.26. The summed E-state index contributed by atoms with van der Waals surface area (Å²) in [7, 11) is 0. The van der Waals surface area contributed by atoms with Crippen molar-refractivity contribution in [2.45, 2.75) is 13.3 Å². The lowest BCUT2D eigenvalue weighted by atomic mass is 10.1. The molecule has 0 aliphatic carbocycles. The molecule has 1 aliphatic heterocycles. The maximum atomic E-state index is 9.07. The molecule has 0 bridgehead atoms. The molecule has 1 aromatic rings. The second kappa shape index (κ2) is 4.33. The zero-order valence-corrected chi connectivity index (χ0v) is 9.41. The molecule has 1 aliphatic rings. The van der Waals surface area contributed by atoms with Gasteiger partial charge >= 0.3 is 0 Å². The Balaban J connectivity index is 2.20. The molecule has 1 unspecified atom stereocenters. The Hall–Kier alpha value is -0.870. The van der Waals surface area contributed by atoms with Gasteiger partial charge in [-0.25, -0.2) is 9.97 Å². The lowest BCUT2D eigenvalue weighted by molar-refractivity contribution is 0.238. The number of nitrogens with zero attached hydrogens (tertiary/aromatic N) is 3. The van der Waals surface area contributed by atoms with Crippen molar-refractivity contribution in [1.29, 1.82) is 0 Å². The molecule has 0 aromatic carbocycles. The van der Waals surface area contributed by atoms with Gasteiger partial charge in [-0.15, -0.1) is 0 Å². The molecule has 1 saturated heterocycles. The molecule has 2 rings (SSSR count). The van der Waals surface area contributed by atoms with Gasteiger partial charge in [0.05, 0.1) is 0 Å². The smallest absolute Gasteiger partial charge is 0.137 e. The molecule has 2 heterocycles. The molecule has 1 fully saturated rings. The fraction of sp³-hybridized carbons (Fsp3) is 0.600. The maximum Gasteiger partial charge on any atom is 0.137 e. The van der Waals surface area contributed by atoms with Gasteiger partial charge in [0.25, 0.3) is 0 Å². The van der Waals surface area contributed by atoms with Crippen molar-refractivity contribution >= 4 is 17.4 Å². The van der Waals surface area contributed by atoms with Crippen molar-refractivity contribution in [1.82, 2.24) is 9.97 Å². The summed E-state index contributed by atoms with van der Waals surface area (Å²) in [5.41, 5.74) is 0.915. The van der Waals surface area contributed by atoms with Crippen molar-refractivity contribution in [2.75, 3.05) is 24.6 Å². The third-order valence-corrected chi connectivity index (χ3v) is 3.22. The highest BCUT2D eigenvalue weighted by Gasteiger charge is 2.24. The molecule has 1 N–H and O–H groups in total. The van der Waals surface area contributed by atoms with Gasteiger partial charge in [0.1, 0.15) is 17.3 Å². The molecule has 1 aromatic heterocycles. The van der Waals surface area contributed by atoms with E-state index < -0.39 is 0 Å². The van der Waals surface area contributed by atoms with Crippen LogP contribution in [0.5, 0.6) is 0 Å². The lowest BCUT2D eigenvalue weighted by Gasteiger charge is -2.19. The van der Waals surface area contributed by atoms with Crippen LogP contribution in [0.15, 0.2) is 6.33 Å². The highest BCUT2D eigenvalue weighted by molar-refractivity contribution is 6.30. The summed E-state index contributed by atoms with van der Waals surface area (Å²) in [6, 6.07) is 0. The van der Waals surface area contributed by atoms with Crippen LogP contribution in [0.2, 0.25) is 5.15 Å². The molecule has 0 radical (unpaired) electrons. The molecular formula is C10H14ClN3O. The van der Waals surface area contributed by atoms with Crippen molar-refractivity contribution < 1.29 is 5.11 Å². The highest BCUT2D eigenvalue weighted by atomic mass is 35.5. The summed E-state index contributed by atoms with van der Waals surface area (Å²) >= 11 is 5.94. The minimum Gasteiger partial charge on any atom is -0.396 e. The quantitative estimate of drug-likeness (QED) is 0.773. The first-order valence-corrected chi connectivity index (χ1v) is 5.43. The van der Waals surface area contributed by atoms with Gasteiger partial charge in [-0.3, -0.25) is 0 Å². The van der Waals surface area contributed by atoms with Crippen LogP contribution >= 0.6 is 11.6 Å². The van der Waals surface area contributed by atoms with Crippen LogP contribution in [0.1, 0.15) is 12.0 Å². The molecule has 0 spiro atoms. The van der Waals surface area contributed by atoms with Gasteiger partial charge in [0.15, 0.2) is 0 Å². The van der Waals surface area contributed by atoms with Gasteiger partial charge in [0, 0.05) is 31.2 Å². The number of aliphatic hydroxyl groups excluding tert-OH is 1. The van der Waals surface area contributed by atoms with Gasteiger partial charge in [-0.05, 0) is 13.3 Å². The number of halogens is 1. The Morgan fingerprint density at radius 3 is 3.07 bits per heavy atom. The van der Waals surface area contributed by atoms with Gasteiger partial charge in [-0.1, -0.05) is 11.6 Å². The first-order valence-electron chi connectivity index (χ1n) is 5.05. The fourth-order valence-corrected chi connectivity index (χ4v) is 2.04. The summed E-state index contributed by atoms with van der Waals surface area (Å²) in [6.45, 7) is 3.95. The Bertz CT molecular complexity index is 359. The number of hydrogen-bond donors (Lipinski definition) is 1. The Kier molecular flexibility index (Phi) is 3.07. The van der Waals surface area contributed by atoms with Gasteiger partial charge in [0.2, 0.25) is 0 Å². The van der Waals surface area contributed by atoms with Gasteiger partial charge < -0.3 is 10.0 Å². The van der Waals surface area contributed by atoms with Crippen molar-refractivity contribution in [3.63, 3.8) is 0 Å². The first kappa shape index (κ1) is 10.6. The molecule has 15 heavy (non-hydrogen) atoms. The largest absolute Gasteiger partial charge is 0.396 e. The molecule has 4 nitrogen and oxygen atoms in total. The number of aliphatic hydroxyl groups is 1. The Morgan fingerprint density at radius 2 is 2.40 bits per heavy atom. The predicted molar refractivity (Wildman–Crippen MR) is 59.2 cm³/mol. The van der Waals surface area contributed by atoms with E-state index in [4.69, 9.17) is 16.7 Å². The minimum atomic E-state index is 0.244. The number of rotatable bonds is 2. The zero-order chi connectivity index (χ0) is 10.8. The van der Waals surface area contributed by atoms with E-state index in [0.29, 0.717) is 11.1 Å². The monoisotopic (exact) mass is 227 g/mol. The molecular weight excluding hydrogens is 214 g/mol. The van der Waals surface area contributed by atoms with Crippen molar-refractivity contribution in [3.05, 3.63) is 17.0 Å². The molecule has 1 atom stereocenters. The number of hydrogen-bond acceptors (Lipinski definition) is 4. The van der Waals surface area contributed by atoms with Crippen LogP contribution < -0.4 is 4.90 Å². The molecule has 0 saturated carbocycles. The van der Waals surface area contributed by atoms with Crippen LogP contribution in [0.4, 0.5) is 5.82 Å². The zero-order valence-electron chi connectivity index (χ0n) is 8.65. The van der Waals surface area contributed by atoms with Crippen LogP contribution in [-0.4, -0.2) is 34.8 Å². The van der Waals surface area contributed by atoms with Gasteiger partial charge in [-0.2, -0.15) is 0 Å². The summed E-state index contributed by atoms with van der Waals surface area (Å²) in [4.78, 5) is 10.3. The summed E-state index contributed by atoms with van der Waals surface area (Å²) in [6.07, 6.45) is 2.49. The third kappa shape index (κ3) is 2.06. The maximum absolute atomic E-state index is 9.07. The van der Waals surface area contributed by atoms with Crippen molar-refractivity contribution in [2.24, 2.45) is 5.92 Å². The first-order chi connectivity index (χ1) is 7.22. The standard InChI is InChI=1S/C10H14ClN3O/c1-7-9(11)12-6-13-10(7)14-3-2-8(4-14)5-15/h6,8,15H,2-5H2,1H3. The van der Waals surface area contributed by atoms with E-state index in [0.717, 1.165) is 30.9 Å². The summed E-state index contributed by atoms with van der Waals surface area (Å²) in [5, 5.41) is 9.58. The van der Waals surface area contributed by atoms with E-state index in [9.17, 15) is 0 Å². The average molecular weight is 228 g/mol. The topological polar surface area (TPSA) is 49.2 Å².